The van der Waals surface area contributed by atoms with E-state index in [-0.39, 0.29) is 0 Å². The van der Waals surface area contributed by atoms with Crippen molar-refractivity contribution >= 4 is 71.3 Å². The fraction of sp³-hybridized carbons (Fsp3) is 0. The first-order chi connectivity index (χ1) is 21.8. The van der Waals surface area contributed by atoms with Crippen molar-refractivity contribution in [3.05, 3.63) is 164 Å². The van der Waals surface area contributed by atoms with Crippen molar-refractivity contribution in [2.75, 3.05) is 4.90 Å². The van der Waals surface area contributed by atoms with Gasteiger partial charge in [-0.3, -0.25) is 0 Å². The van der Waals surface area contributed by atoms with E-state index in [4.69, 9.17) is 4.42 Å². The van der Waals surface area contributed by atoms with E-state index in [2.05, 4.69) is 169 Å². The maximum absolute atomic E-state index is 6.35. The lowest BCUT2D eigenvalue weighted by molar-refractivity contribution is 0.669. The van der Waals surface area contributed by atoms with Crippen molar-refractivity contribution in [3.8, 4) is 11.1 Å². The van der Waals surface area contributed by atoms with Crippen molar-refractivity contribution < 1.29 is 4.42 Å². The monoisotopic (exact) mass is 561 g/mol. The van der Waals surface area contributed by atoms with E-state index in [1.165, 1.54) is 43.4 Å². The molecule has 0 aliphatic carbocycles. The zero-order valence-corrected chi connectivity index (χ0v) is 23.9. The summed E-state index contributed by atoms with van der Waals surface area (Å²) < 4.78 is 6.35. The Morgan fingerprint density at radius 2 is 0.932 bits per heavy atom. The van der Waals surface area contributed by atoms with Gasteiger partial charge in [0, 0.05) is 27.8 Å². The highest BCUT2D eigenvalue weighted by Gasteiger charge is 2.17. The molecule has 0 spiro atoms. The minimum absolute atomic E-state index is 0.892. The van der Waals surface area contributed by atoms with E-state index in [0.717, 1.165) is 39.0 Å². The predicted molar refractivity (Wildman–Crippen MR) is 186 cm³/mol. The summed E-state index contributed by atoms with van der Waals surface area (Å²) in [6.45, 7) is 0. The molecule has 0 N–H and O–H groups in total. The number of anilines is 3. The molecule has 0 saturated heterocycles. The molecule has 0 unspecified atom stereocenters. The number of furan rings is 1. The highest BCUT2D eigenvalue weighted by molar-refractivity contribution is 6.11. The molecule has 9 aromatic rings. The van der Waals surface area contributed by atoms with Crippen LogP contribution in [-0.4, -0.2) is 0 Å². The predicted octanol–water partition coefficient (Wildman–Crippen LogP) is 12.2. The first-order valence-corrected chi connectivity index (χ1v) is 15.0. The van der Waals surface area contributed by atoms with Gasteiger partial charge >= 0.3 is 0 Å². The lowest BCUT2D eigenvalue weighted by atomic mass is 9.98. The molecule has 0 amide bonds. The van der Waals surface area contributed by atoms with Gasteiger partial charge < -0.3 is 9.32 Å². The van der Waals surface area contributed by atoms with Gasteiger partial charge in [-0.25, -0.2) is 0 Å². The Bertz CT molecular complexity index is 2500. The number of nitrogens with zero attached hydrogens (tertiary/aromatic N) is 1. The molecule has 44 heavy (non-hydrogen) atoms. The highest BCUT2D eigenvalue weighted by Crippen LogP contribution is 2.41. The van der Waals surface area contributed by atoms with E-state index in [9.17, 15) is 0 Å². The number of benzene rings is 8. The van der Waals surface area contributed by atoms with Crippen molar-refractivity contribution in [2.24, 2.45) is 0 Å². The fourth-order valence-corrected chi connectivity index (χ4v) is 6.62. The maximum Gasteiger partial charge on any atom is 0.136 e. The second-order valence-corrected chi connectivity index (χ2v) is 11.4. The minimum Gasteiger partial charge on any atom is -0.456 e. The molecule has 0 aliphatic heterocycles. The molecule has 1 aromatic heterocycles. The SMILES string of the molecule is c1ccc2cc(N(c3ccc(-c4cccc5ccccc45)cc3)c3ccc4oc5cc6ccccc6cc5c4c3)ccc2c1. The fourth-order valence-electron chi connectivity index (χ4n) is 6.62. The zero-order chi connectivity index (χ0) is 29.0. The Morgan fingerprint density at radius 3 is 1.75 bits per heavy atom. The van der Waals surface area contributed by atoms with Gasteiger partial charge in [0.05, 0.1) is 0 Å². The Balaban J connectivity index is 1.22. The van der Waals surface area contributed by atoms with Crippen LogP contribution in [0.25, 0.3) is 65.4 Å². The molecular formula is C42H27NO. The zero-order valence-electron chi connectivity index (χ0n) is 23.9. The van der Waals surface area contributed by atoms with Crippen LogP contribution in [0.15, 0.2) is 168 Å². The van der Waals surface area contributed by atoms with E-state index in [0.29, 0.717) is 0 Å². The Hall–Kier alpha value is -5.86. The van der Waals surface area contributed by atoms with Gasteiger partial charge in [-0.2, -0.15) is 0 Å². The van der Waals surface area contributed by atoms with Gasteiger partial charge in [-0.05, 0) is 98.0 Å². The average Bonchev–Trinajstić information content (AvgIpc) is 3.44. The third-order valence-electron chi connectivity index (χ3n) is 8.80. The molecule has 206 valence electrons. The summed E-state index contributed by atoms with van der Waals surface area (Å²) >= 11 is 0. The van der Waals surface area contributed by atoms with Gasteiger partial charge in [0.1, 0.15) is 11.2 Å². The smallest absolute Gasteiger partial charge is 0.136 e. The number of fused-ring (bicyclic) bond motifs is 6. The van der Waals surface area contributed by atoms with Crippen molar-refractivity contribution in [1.82, 2.24) is 0 Å². The molecule has 8 aromatic carbocycles. The average molecular weight is 562 g/mol. The third-order valence-corrected chi connectivity index (χ3v) is 8.80. The van der Waals surface area contributed by atoms with Crippen molar-refractivity contribution in [1.29, 1.82) is 0 Å². The molecular weight excluding hydrogens is 534 g/mol. The molecule has 0 aliphatic rings. The van der Waals surface area contributed by atoms with Crippen LogP contribution < -0.4 is 4.90 Å². The summed E-state index contributed by atoms with van der Waals surface area (Å²) in [4.78, 5) is 2.35. The van der Waals surface area contributed by atoms with Gasteiger partial charge in [-0.15, -0.1) is 0 Å². The van der Waals surface area contributed by atoms with E-state index in [1.54, 1.807) is 0 Å². The molecule has 2 nitrogen and oxygen atoms in total. The molecule has 9 rings (SSSR count). The summed E-state index contributed by atoms with van der Waals surface area (Å²) in [5.41, 5.74) is 7.54. The quantitative estimate of drug-likeness (QED) is 0.212. The van der Waals surface area contributed by atoms with Gasteiger partial charge in [0.25, 0.3) is 0 Å². The van der Waals surface area contributed by atoms with Crippen LogP contribution in [0.3, 0.4) is 0 Å². The first kappa shape index (κ1) is 24.7. The summed E-state index contributed by atoms with van der Waals surface area (Å²) in [6, 6.07) is 58.7. The van der Waals surface area contributed by atoms with Crippen LogP contribution >= 0.6 is 0 Å². The Labute approximate surface area is 255 Å². The summed E-state index contributed by atoms with van der Waals surface area (Å²) in [5.74, 6) is 0. The minimum atomic E-state index is 0.892. The molecule has 2 heteroatoms. The van der Waals surface area contributed by atoms with E-state index in [1.807, 2.05) is 0 Å². The van der Waals surface area contributed by atoms with Gasteiger partial charge in [0.15, 0.2) is 0 Å². The molecule has 0 atom stereocenters. The van der Waals surface area contributed by atoms with E-state index < -0.39 is 0 Å². The third kappa shape index (κ3) is 4.04. The normalized spacial score (nSPS) is 11.6. The second kappa shape index (κ2) is 9.86. The summed E-state index contributed by atoms with van der Waals surface area (Å²) in [7, 11) is 0. The van der Waals surface area contributed by atoms with Crippen LogP contribution in [-0.2, 0) is 0 Å². The topological polar surface area (TPSA) is 16.4 Å². The maximum atomic E-state index is 6.35. The molecule has 0 saturated carbocycles. The Kier molecular flexibility index (Phi) is 5.54. The Morgan fingerprint density at radius 1 is 0.341 bits per heavy atom. The largest absolute Gasteiger partial charge is 0.456 e. The lowest BCUT2D eigenvalue weighted by Crippen LogP contribution is -2.09. The first-order valence-electron chi connectivity index (χ1n) is 15.0. The summed E-state index contributed by atoms with van der Waals surface area (Å²) in [6.07, 6.45) is 0. The van der Waals surface area contributed by atoms with Crippen LogP contribution in [0.2, 0.25) is 0 Å². The highest BCUT2D eigenvalue weighted by atomic mass is 16.3. The number of hydrogen-bond acceptors (Lipinski definition) is 2. The molecule has 0 radical (unpaired) electrons. The number of hydrogen-bond donors (Lipinski definition) is 0. The van der Waals surface area contributed by atoms with Crippen LogP contribution in [0.1, 0.15) is 0 Å². The van der Waals surface area contributed by atoms with E-state index >= 15 is 0 Å². The van der Waals surface area contributed by atoms with Gasteiger partial charge in [0.2, 0.25) is 0 Å². The van der Waals surface area contributed by atoms with Gasteiger partial charge in [-0.1, -0.05) is 109 Å². The summed E-state index contributed by atoms with van der Waals surface area (Å²) in [5, 5.41) is 9.59. The molecule has 1 heterocycles. The molecule has 0 bridgehead atoms. The van der Waals surface area contributed by atoms with Crippen LogP contribution in [0.5, 0.6) is 0 Å². The lowest BCUT2D eigenvalue weighted by Gasteiger charge is -2.26. The van der Waals surface area contributed by atoms with Crippen molar-refractivity contribution in [2.45, 2.75) is 0 Å². The van der Waals surface area contributed by atoms with Crippen molar-refractivity contribution in [3.63, 3.8) is 0 Å². The number of rotatable bonds is 4. The standard InChI is InChI=1S/C42H27NO/c1-2-10-31-24-35(21-16-28(31)8-1)43(34-19-17-30(18-20-34)38-15-7-13-29-9-5-6-14-37(29)38)36-22-23-41-40(27-36)39-25-32-11-3-4-12-33(32)26-42(39)44-41/h1-27H. The van der Waals surface area contributed by atoms with Crippen LogP contribution in [0.4, 0.5) is 17.1 Å². The van der Waals surface area contributed by atoms with Crippen LogP contribution in [0, 0.1) is 0 Å². The molecule has 0 fully saturated rings. The second-order valence-electron chi connectivity index (χ2n) is 11.4.